The van der Waals surface area contributed by atoms with Gasteiger partial charge in [-0.2, -0.15) is 0 Å². The van der Waals surface area contributed by atoms with Crippen LogP contribution < -0.4 is 18.9 Å². The fourth-order valence-corrected chi connectivity index (χ4v) is 2.88. The Hall–Kier alpha value is -4.92. The molecule has 0 atom stereocenters. The molecule has 0 heterocycles. The molecule has 0 radical (unpaired) electrons. The van der Waals surface area contributed by atoms with Gasteiger partial charge in [-0.25, -0.2) is 14.4 Å². The van der Waals surface area contributed by atoms with Crippen LogP contribution in [0.25, 0.3) is 0 Å². The summed E-state index contributed by atoms with van der Waals surface area (Å²) in [7, 11) is 0. The zero-order valence-corrected chi connectivity index (χ0v) is 20.0. The Morgan fingerprint density at radius 2 is 1.11 bits per heavy atom. The molecular weight excluding hydrogens is 480 g/mol. The largest absolute Gasteiger partial charge is 0.513 e. The quantitative estimate of drug-likeness (QED) is 0.151. The van der Waals surface area contributed by atoms with Gasteiger partial charge in [0.25, 0.3) is 0 Å². The summed E-state index contributed by atoms with van der Waals surface area (Å²) in [5.41, 5.74) is 0.479. The van der Waals surface area contributed by atoms with Gasteiger partial charge in [-0.1, -0.05) is 6.58 Å². The maximum atomic E-state index is 12.4. The summed E-state index contributed by atoms with van der Waals surface area (Å²) >= 11 is 0. The first-order valence-electron chi connectivity index (χ1n) is 11.2. The molecular formula is C28H24O9. The van der Waals surface area contributed by atoms with Gasteiger partial charge >= 0.3 is 18.1 Å². The van der Waals surface area contributed by atoms with Gasteiger partial charge in [-0.15, -0.1) is 0 Å². The van der Waals surface area contributed by atoms with E-state index in [1.165, 1.54) is 48.5 Å². The average molecular weight is 504 g/mol. The Morgan fingerprint density at radius 3 is 1.57 bits per heavy atom. The van der Waals surface area contributed by atoms with Crippen LogP contribution in [-0.2, 0) is 9.53 Å². The Balaban J connectivity index is 1.49. The van der Waals surface area contributed by atoms with E-state index in [2.05, 4.69) is 6.58 Å². The van der Waals surface area contributed by atoms with Crippen molar-refractivity contribution in [3.63, 3.8) is 0 Å². The summed E-state index contributed by atoms with van der Waals surface area (Å²) in [5, 5.41) is 0. The smallest absolute Gasteiger partial charge is 0.494 e. The average Bonchev–Trinajstić information content (AvgIpc) is 2.90. The third-order valence-electron chi connectivity index (χ3n) is 4.73. The van der Waals surface area contributed by atoms with Crippen molar-refractivity contribution in [2.45, 2.75) is 13.3 Å². The van der Waals surface area contributed by atoms with E-state index in [9.17, 15) is 19.2 Å². The molecule has 3 rings (SSSR count). The summed E-state index contributed by atoms with van der Waals surface area (Å²) < 4.78 is 25.8. The van der Waals surface area contributed by atoms with Crippen molar-refractivity contribution < 1.29 is 42.9 Å². The molecule has 0 saturated carbocycles. The molecule has 0 aliphatic rings. The van der Waals surface area contributed by atoms with Crippen molar-refractivity contribution in [3.8, 4) is 23.0 Å². The molecule has 37 heavy (non-hydrogen) atoms. The van der Waals surface area contributed by atoms with Crippen molar-refractivity contribution in [2.24, 2.45) is 0 Å². The minimum Gasteiger partial charge on any atom is -0.494 e. The van der Waals surface area contributed by atoms with E-state index < -0.39 is 18.1 Å². The normalized spacial score (nSPS) is 10.1. The lowest BCUT2D eigenvalue weighted by Crippen LogP contribution is -2.13. The van der Waals surface area contributed by atoms with Gasteiger partial charge in [-0.05, 0) is 85.8 Å². The van der Waals surface area contributed by atoms with E-state index in [0.29, 0.717) is 18.1 Å². The number of allylic oxidation sites excluding steroid dienone is 1. The summed E-state index contributed by atoms with van der Waals surface area (Å²) in [6.07, 6.45) is 0.168. The molecule has 0 fully saturated rings. The number of rotatable bonds is 11. The first-order valence-corrected chi connectivity index (χ1v) is 11.2. The number of ether oxygens (including phenoxy) is 5. The van der Waals surface area contributed by atoms with Crippen molar-refractivity contribution in [3.05, 3.63) is 96.6 Å². The molecule has 190 valence electrons. The Bertz CT molecular complexity index is 1240. The van der Waals surface area contributed by atoms with Crippen molar-refractivity contribution in [1.29, 1.82) is 0 Å². The molecule has 9 heteroatoms. The van der Waals surface area contributed by atoms with Crippen molar-refractivity contribution in [2.75, 3.05) is 13.2 Å². The van der Waals surface area contributed by atoms with Crippen LogP contribution in [0.5, 0.6) is 23.0 Å². The lowest BCUT2D eigenvalue weighted by molar-refractivity contribution is -0.115. The highest BCUT2D eigenvalue weighted by atomic mass is 16.7. The van der Waals surface area contributed by atoms with E-state index >= 15 is 0 Å². The number of benzene rings is 3. The predicted molar refractivity (Wildman–Crippen MR) is 132 cm³/mol. The van der Waals surface area contributed by atoms with Crippen molar-refractivity contribution in [1.82, 2.24) is 0 Å². The SMILES string of the molecule is C=CC(=O)CCOC(=O)Oc1ccc(C(=O)Oc2ccc(C(=O)Oc3ccc(OCC)cc3)cc2)cc1. The molecule has 0 spiro atoms. The molecule has 0 unspecified atom stereocenters. The molecule has 3 aromatic rings. The van der Waals surface area contributed by atoms with Gasteiger partial charge in [0.2, 0.25) is 0 Å². The summed E-state index contributed by atoms with van der Waals surface area (Å²) in [5.74, 6) is -0.0637. The van der Waals surface area contributed by atoms with Crippen LogP contribution in [0.4, 0.5) is 4.79 Å². The fraction of sp³-hybridized carbons (Fsp3) is 0.143. The van der Waals surface area contributed by atoms with E-state index in [1.54, 1.807) is 24.3 Å². The number of carbonyl (C=O) groups is 4. The van der Waals surface area contributed by atoms with Crippen molar-refractivity contribution >= 4 is 23.9 Å². The van der Waals surface area contributed by atoms with E-state index in [4.69, 9.17) is 23.7 Å². The number of esters is 2. The van der Waals surface area contributed by atoms with Gasteiger partial charge in [0.05, 0.1) is 17.7 Å². The first-order chi connectivity index (χ1) is 17.9. The molecule has 9 nitrogen and oxygen atoms in total. The number of hydrogen-bond donors (Lipinski definition) is 0. The second-order valence-corrected chi connectivity index (χ2v) is 7.35. The van der Waals surface area contributed by atoms with Gasteiger partial charge in [0.15, 0.2) is 5.78 Å². The lowest BCUT2D eigenvalue weighted by Gasteiger charge is -2.08. The van der Waals surface area contributed by atoms with E-state index in [1.807, 2.05) is 6.92 Å². The monoisotopic (exact) mass is 504 g/mol. The van der Waals surface area contributed by atoms with E-state index in [-0.39, 0.29) is 41.4 Å². The van der Waals surface area contributed by atoms with Crippen LogP contribution in [0.15, 0.2) is 85.5 Å². The Labute approximate surface area is 213 Å². The minimum absolute atomic E-state index is 0.00822. The molecule has 0 aliphatic heterocycles. The van der Waals surface area contributed by atoms with Crippen LogP contribution >= 0.6 is 0 Å². The standard InChI is InChI=1S/C28H24O9/c1-3-21(29)17-18-34-28(32)37-25-11-7-20(8-12-25)26(30)35-23-9-5-19(6-10-23)27(31)36-24-15-13-22(14-16-24)33-4-2/h3,5-16H,1,4,17-18H2,2H3. The van der Waals surface area contributed by atoms with Gasteiger partial charge in [0, 0.05) is 6.42 Å². The second kappa shape index (κ2) is 13.2. The summed E-state index contributed by atoms with van der Waals surface area (Å²) in [6, 6.07) is 18.2. The highest BCUT2D eigenvalue weighted by molar-refractivity contribution is 5.93. The molecule has 0 aromatic heterocycles. The van der Waals surface area contributed by atoms with Gasteiger partial charge < -0.3 is 23.7 Å². The lowest BCUT2D eigenvalue weighted by atomic mass is 10.2. The Kier molecular flexibility index (Phi) is 9.55. The van der Waals surface area contributed by atoms with Crippen LogP contribution in [0.1, 0.15) is 34.1 Å². The molecule has 0 saturated heterocycles. The van der Waals surface area contributed by atoms with Crippen LogP contribution in [0.2, 0.25) is 0 Å². The maximum absolute atomic E-state index is 12.4. The molecule has 0 aliphatic carbocycles. The fourth-order valence-electron chi connectivity index (χ4n) is 2.88. The molecule has 3 aromatic carbocycles. The predicted octanol–water partition coefficient (Wildman–Crippen LogP) is 5.18. The van der Waals surface area contributed by atoms with E-state index in [0.717, 1.165) is 6.08 Å². The molecule has 0 N–H and O–H groups in total. The third kappa shape index (κ3) is 8.36. The first kappa shape index (κ1) is 26.7. The van der Waals surface area contributed by atoms with Gasteiger partial charge in [-0.3, -0.25) is 4.79 Å². The number of carbonyl (C=O) groups excluding carboxylic acids is 4. The molecule has 0 bridgehead atoms. The van der Waals surface area contributed by atoms with Crippen LogP contribution in [0.3, 0.4) is 0 Å². The van der Waals surface area contributed by atoms with Crippen LogP contribution in [0, 0.1) is 0 Å². The minimum atomic E-state index is -0.978. The third-order valence-corrected chi connectivity index (χ3v) is 4.73. The highest BCUT2D eigenvalue weighted by Gasteiger charge is 2.13. The Morgan fingerprint density at radius 1 is 0.676 bits per heavy atom. The highest BCUT2D eigenvalue weighted by Crippen LogP contribution is 2.20. The number of hydrogen-bond acceptors (Lipinski definition) is 9. The van der Waals surface area contributed by atoms with Gasteiger partial charge in [0.1, 0.15) is 29.6 Å². The zero-order valence-electron chi connectivity index (χ0n) is 20.0. The van der Waals surface area contributed by atoms with Crippen LogP contribution in [-0.4, -0.2) is 37.1 Å². The zero-order chi connectivity index (χ0) is 26.6. The second-order valence-electron chi connectivity index (χ2n) is 7.35. The number of ketones is 1. The molecule has 0 amide bonds. The topological polar surface area (TPSA) is 114 Å². The summed E-state index contributed by atoms with van der Waals surface area (Å²) in [6.45, 7) is 5.60. The maximum Gasteiger partial charge on any atom is 0.513 e. The summed E-state index contributed by atoms with van der Waals surface area (Å²) in [4.78, 5) is 47.5.